The van der Waals surface area contributed by atoms with Gasteiger partial charge in [-0.2, -0.15) is 0 Å². The van der Waals surface area contributed by atoms with Gasteiger partial charge in [-0.25, -0.2) is 4.98 Å². The number of thioether (sulfide) groups is 1. The van der Waals surface area contributed by atoms with Gasteiger partial charge in [-0.1, -0.05) is 54.2 Å². The van der Waals surface area contributed by atoms with Crippen molar-refractivity contribution in [2.45, 2.75) is 10.9 Å². The maximum Gasteiger partial charge on any atom is 0.263 e. The topological polar surface area (TPSA) is 44.1 Å². The Labute approximate surface area is 165 Å². The van der Waals surface area contributed by atoms with E-state index in [0.29, 0.717) is 5.39 Å². The van der Waals surface area contributed by atoms with Crippen LogP contribution in [0.5, 0.6) is 5.75 Å². The quantitative estimate of drug-likeness (QED) is 0.354. The minimum atomic E-state index is -0.00247. The van der Waals surface area contributed by atoms with Crippen molar-refractivity contribution in [2.24, 2.45) is 7.05 Å². The normalized spacial score (nSPS) is 11.0. The molecule has 0 bridgehead atoms. The van der Waals surface area contributed by atoms with Gasteiger partial charge in [0.05, 0.1) is 12.5 Å². The molecule has 0 fully saturated rings. The van der Waals surface area contributed by atoms with Gasteiger partial charge in [0.25, 0.3) is 5.56 Å². The molecule has 0 spiro atoms. The fourth-order valence-electron chi connectivity index (χ4n) is 2.88. The lowest BCUT2D eigenvalue weighted by molar-refractivity contribution is 0.414. The Kier molecular flexibility index (Phi) is 5.01. The van der Waals surface area contributed by atoms with E-state index >= 15 is 0 Å². The van der Waals surface area contributed by atoms with Crippen LogP contribution in [0, 0.1) is 0 Å². The molecule has 27 heavy (non-hydrogen) atoms. The summed E-state index contributed by atoms with van der Waals surface area (Å²) in [7, 11) is 3.45. The second-order valence-corrected chi connectivity index (χ2v) is 7.89. The molecule has 136 valence electrons. The van der Waals surface area contributed by atoms with Crippen LogP contribution in [0.2, 0.25) is 0 Å². The van der Waals surface area contributed by atoms with Crippen LogP contribution in [0.25, 0.3) is 21.3 Å². The fraction of sp³-hybridized carbons (Fsp3) is 0.143. The third-order valence-electron chi connectivity index (χ3n) is 4.39. The van der Waals surface area contributed by atoms with Crippen LogP contribution >= 0.6 is 23.1 Å². The molecule has 0 unspecified atom stereocenters. The van der Waals surface area contributed by atoms with Gasteiger partial charge in [0.1, 0.15) is 10.6 Å². The second-order valence-electron chi connectivity index (χ2n) is 6.09. The molecule has 0 amide bonds. The molecule has 2 aromatic carbocycles. The predicted molar refractivity (Wildman–Crippen MR) is 113 cm³/mol. The van der Waals surface area contributed by atoms with Crippen molar-refractivity contribution in [2.75, 3.05) is 7.11 Å². The average molecular weight is 395 g/mol. The van der Waals surface area contributed by atoms with E-state index in [-0.39, 0.29) is 5.56 Å². The third kappa shape index (κ3) is 3.50. The van der Waals surface area contributed by atoms with Gasteiger partial charge in [-0.15, -0.1) is 11.3 Å². The van der Waals surface area contributed by atoms with Gasteiger partial charge in [0, 0.05) is 23.7 Å². The fourth-order valence-corrected chi connectivity index (χ4v) is 4.80. The number of fused-ring (bicyclic) bond motifs is 1. The first-order chi connectivity index (χ1) is 13.2. The molecule has 2 aromatic heterocycles. The van der Waals surface area contributed by atoms with E-state index < -0.39 is 0 Å². The van der Waals surface area contributed by atoms with Gasteiger partial charge < -0.3 is 4.74 Å². The summed E-state index contributed by atoms with van der Waals surface area (Å²) >= 11 is 3.08. The van der Waals surface area contributed by atoms with Crippen LogP contribution in [0.3, 0.4) is 0 Å². The standard InChI is InChI=1S/C21H18N2O2S2/c1-23-20(24)18-17(15-6-4-3-5-7-15)13-26-19(18)22-21(23)27-12-14-8-10-16(25-2)11-9-14/h3-11,13H,12H2,1-2H3. The van der Waals surface area contributed by atoms with Crippen molar-refractivity contribution in [3.05, 3.63) is 75.9 Å². The van der Waals surface area contributed by atoms with E-state index in [0.717, 1.165) is 38.2 Å². The van der Waals surface area contributed by atoms with Crippen LogP contribution in [-0.2, 0) is 12.8 Å². The molecule has 6 heteroatoms. The minimum Gasteiger partial charge on any atom is -0.497 e. The van der Waals surface area contributed by atoms with E-state index in [1.165, 1.54) is 11.3 Å². The molecule has 0 aliphatic heterocycles. The largest absolute Gasteiger partial charge is 0.497 e. The number of ether oxygens (including phenoxy) is 1. The smallest absolute Gasteiger partial charge is 0.263 e. The molecule has 0 aliphatic rings. The monoisotopic (exact) mass is 394 g/mol. The number of hydrogen-bond donors (Lipinski definition) is 0. The maximum atomic E-state index is 13.0. The number of rotatable bonds is 5. The highest BCUT2D eigenvalue weighted by Gasteiger charge is 2.15. The van der Waals surface area contributed by atoms with Crippen molar-refractivity contribution in [1.29, 1.82) is 0 Å². The van der Waals surface area contributed by atoms with Gasteiger partial charge in [0.15, 0.2) is 5.16 Å². The van der Waals surface area contributed by atoms with Crippen LogP contribution in [-0.4, -0.2) is 16.7 Å². The van der Waals surface area contributed by atoms with E-state index in [2.05, 4.69) is 0 Å². The van der Waals surface area contributed by atoms with Gasteiger partial charge >= 0.3 is 0 Å². The van der Waals surface area contributed by atoms with Crippen LogP contribution in [0.4, 0.5) is 0 Å². The van der Waals surface area contributed by atoms with E-state index in [9.17, 15) is 4.79 Å². The molecule has 0 atom stereocenters. The zero-order valence-corrected chi connectivity index (χ0v) is 16.6. The van der Waals surface area contributed by atoms with Crippen molar-refractivity contribution in [3.63, 3.8) is 0 Å². The highest BCUT2D eigenvalue weighted by Crippen LogP contribution is 2.32. The Morgan fingerprint density at radius 1 is 1.11 bits per heavy atom. The summed E-state index contributed by atoms with van der Waals surface area (Å²) in [5, 5.41) is 3.44. The zero-order valence-electron chi connectivity index (χ0n) is 15.0. The van der Waals surface area contributed by atoms with Gasteiger partial charge in [-0.3, -0.25) is 9.36 Å². The predicted octanol–water partition coefficient (Wildman–Crippen LogP) is 4.96. The van der Waals surface area contributed by atoms with E-state index in [1.54, 1.807) is 30.5 Å². The summed E-state index contributed by atoms with van der Waals surface area (Å²) in [6.45, 7) is 0. The van der Waals surface area contributed by atoms with Gasteiger partial charge in [-0.05, 0) is 23.3 Å². The highest BCUT2D eigenvalue weighted by atomic mass is 32.2. The van der Waals surface area contributed by atoms with Crippen molar-refractivity contribution >= 4 is 33.3 Å². The first-order valence-corrected chi connectivity index (χ1v) is 10.3. The summed E-state index contributed by atoms with van der Waals surface area (Å²) < 4.78 is 6.84. The summed E-state index contributed by atoms with van der Waals surface area (Å²) in [5.41, 5.74) is 3.15. The number of aromatic nitrogens is 2. The minimum absolute atomic E-state index is 0.00247. The molecule has 0 saturated heterocycles. The average Bonchev–Trinajstić information content (AvgIpc) is 3.14. The molecular formula is C21H18N2O2S2. The number of methoxy groups -OCH3 is 1. The van der Waals surface area contributed by atoms with Crippen molar-refractivity contribution in [1.82, 2.24) is 9.55 Å². The molecule has 0 aliphatic carbocycles. The molecular weight excluding hydrogens is 376 g/mol. The summed E-state index contributed by atoms with van der Waals surface area (Å²) in [6.07, 6.45) is 0. The number of benzene rings is 2. The first kappa shape index (κ1) is 17.8. The van der Waals surface area contributed by atoms with Crippen LogP contribution in [0.15, 0.2) is 69.9 Å². The lowest BCUT2D eigenvalue weighted by Gasteiger charge is -2.08. The first-order valence-electron chi connectivity index (χ1n) is 8.47. The second kappa shape index (κ2) is 7.58. The molecule has 0 saturated carbocycles. The zero-order chi connectivity index (χ0) is 18.8. The maximum absolute atomic E-state index is 13.0. The summed E-state index contributed by atoms with van der Waals surface area (Å²) in [4.78, 5) is 18.5. The Bertz CT molecular complexity index is 1130. The lowest BCUT2D eigenvalue weighted by Crippen LogP contribution is -2.19. The molecule has 2 heterocycles. The summed E-state index contributed by atoms with van der Waals surface area (Å²) in [6, 6.07) is 17.9. The van der Waals surface area contributed by atoms with Crippen molar-refractivity contribution in [3.8, 4) is 16.9 Å². The third-order valence-corrected chi connectivity index (χ3v) is 6.36. The Hall–Kier alpha value is -2.57. The van der Waals surface area contributed by atoms with Crippen molar-refractivity contribution < 1.29 is 4.74 Å². The Balaban J connectivity index is 1.67. The molecule has 0 N–H and O–H groups in total. The molecule has 0 radical (unpaired) electrons. The lowest BCUT2D eigenvalue weighted by atomic mass is 10.1. The SMILES string of the molecule is COc1ccc(CSc2nc3scc(-c4ccccc4)c3c(=O)n2C)cc1. The Morgan fingerprint density at radius 3 is 2.56 bits per heavy atom. The van der Waals surface area contributed by atoms with Crippen LogP contribution in [0.1, 0.15) is 5.56 Å². The Morgan fingerprint density at radius 2 is 1.85 bits per heavy atom. The molecule has 4 nitrogen and oxygen atoms in total. The highest BCUT2D eigenvalue weighted by molar-refractivity contribution is 7.98. The number of hydrogen-bond acceptors (Lipinski definition) is 5. The van der Waals surface area contributed by atoms with E-state index in [4.69, 9.17) is 9.72 Å². The number of nitrogens with zero attached hydrogens (tertiary/aromatic N) is 2. The van der Waals surface area contributed by atoms with Gasteiger partial charge in [0.2, 0.25) is 0 Å². The van der Waals surface area contributed by atoms with E-state index in [1.807, 2.05) is 60.0 Å². The van der Waals surface area contributed by atoms with Crippen LogP contribution < -0.4 is 10.3 Å². The summed E-state index contributed by atoms with van der Waals surface area (Å²) in [5.74, 6) is 1.58. The molecule has 4 rings (SSSR count). The molecule has 4 aromatic rings. The number of thiophene rings is 1.